The van der Waals surface area contributed by atoms with E-state index in [0.717, 1.165) is 51.3 Å². The molecule has 0 radical (unpaired) electrons. The van der Waals surface area contributed by atoms with Crippen molar-refractivity contribution in [2.24, 2.45) is 0 Å². The quantitative estimate of drug-likeness (QED) is 0.701. The van der Waals surface area contributed by atoms with E-state index in [9.17, 15) is 0 Å². The zero-order chi connectivity index (χ0) is 14.9. The summed E-state index contributed by atoms with van der Waals surface area (Å²) in [5, 5.41) is 3.45. The van der Waals surface area contributed by atoms with Crippen molar-refractivity contribution in [1.82, 2.24) is 5.32 Å². The average Bonchev–Trinajstić information content (AvgIpc) is 2.99. The Hall–Kier alpha value is -1.06. The second-order valence-electron chi connectivity index (χ2n) is 5.87. The number of rotatable bonds is 9. The zero-order valence-electron chi connectivity index (χ0n) is 13.5. The van der Waals surface area contributed by atoms with Crippen molar-refractivity contribution in [2.75, 3.05) is 19.8 Å². The Balaban J connectivity index is 1.79. The molecule has 1 fully saturated rings. The van der Waals surface area contributed by atoms with Crippen LogP contribution in [0.1, 0.15) is 50.2 Å². The number of para-hydroxylation sites is 1. The lowest BCUT2D eigenvalue weighted by atomic mass is 10.1. The monoisotopic (exact) mass is 291 g/mol. The summed E-state index contributed by atoms with van der Waals surface area (Å²) in [5.41, 5.74) is 2.49. The van der Waals surface area contributed by atoms with Crippen LogP contribution in [0.5, 0.6) is 5.75 Å². The molecule has 0 aliphatic carbocycles. The fraction of sp³-hybridized carbons (Fsp3) is 0.667. The molecule has 2 rings (SSSR count). The molecule has 1 heterocycles. The fourth-order valence-electron chi connectivity index (χ4n) is 2.82. The van der Waals surface area contributed by atoms with Crippen LogP contribution in [-0.4, -0.2) is 25.9 Å². The second-order valence-corrected chi connectivity index (χ2v) is 5.87. The predicted molar refractivity (Wildman–Crippen MR) is 86.9 cm³/mol. The van der Waals surface area contributed by atoms with E-state index >= 15 is 0 Å². The number of nitrogens with one attached hydrogen (secondary N) is 1. The summed E-state index contributed by atoms with van der Waals surface area (Å²) >= 11 is 0. The van der Waals surface area contributed by atoms with E-state index in [1.807, 2.05) is 0 Å². The van der Waals surface area contributed by atoms with E-state index in [-0.39, 0.29) is 0 Å². The van der Waals surface area contributed by atoms with Gasteiger partial charge in [-0.15, -0.1) is 0 Å². The van der Waals surface area contributed by atoms with Crippen molar-refractivity contribution in [3.05, 3.63) is 29.3 Å². The van der Waals surface area contributed by atoms with Crippen molar-refractivity contribution in [2.45, 2.75) is 58.6 Å². The summed E-state index contributed by atoms with van der Waals surface area (Å²) in [5.74, 6) is 1.06. The van der Waals surface area contributed by atoms with Gasteiger partial charge in [0.2, 0.25) is 0 Å². The third-order valence-electron chi connectivity index (χ3n) is 3.98. The number of hydrogen-bond donors (Lipinski definition) is 1. The van der Waals surface area contributed by atoms with Crippen molar-refractivity contribution in [3.63, 3.8) is 0 Å². The SMILES string of the molecule is CCCNCc1cccc(C)c1OCCCC1CCCO1. The summed E-state index contributed by atoms with van der Waals surface area (Å²) in [6, 6.07) is 6.39. The first-order valence-electron chi connectivity index (χ1n) is 8.35. The summed E-state index contributed by atoms with van der Waals surface area (Å²) in [6.45, 7) is 7.97. The van der Waals surface area contributed by atoms with Gasteiger partial charge in [0.25, 0.3) is 0 Å². The predicted octanol–water partition coefficient (Wildman–Crippen LogP) is 3.83. The van der Waals surface area contributed by atoms with Crippen molar-refractivity contribution >= 4 is 0 Å². The van der Waals surface area contributed by atoms with Crippen LogP contribution < -0.4 is 10.1 Å². The molecule has 118 valence electrons. The van der Waals surface area contributed by atoms with Gasteiger partial charge in [0.1, 0.15) is 5.75 Å². The number of hydrogen-bond acceptors (Lipinski definition) is 3. The molecular weight excluding hydrogens is 262 g/mol. The first kappa shape index (κ1) is 16.3. The number of benzene rings is 1. The van der Waals surface area contributed by atoms with Gasteiger partial charge in [0.15, 0.2) is 0 Å². The maximum atomic E-state index is 6.06. The highest BCUT2D eigenvalue weighted by atomic mass is 16.5. The van der Waals surface area contributed by atoms with Gasteiger partial charge in [0.05, 0.1) is 12.7 Å². The van der Waals surface area contributed by atoms with Crippen LogP contribution in [0, 0.1) is 6.92 Å². The minimum atomic E-state index is 0.469. The highest BCUT2D eigenvalue weighted by Gasteiger charge is 2.15. The summed E-state index contributed by atoms with van der Waals surface area (Å²) in [7, 11) is 0. The van der Waals surface area contributed by atoms with Crippen LogP contribution in [0.25, 0.3) is 0 Å². The van der Waals surface area contributed by atoms with Crippen molar-refractivity contribution in [1.29, 1.82) is 0 Å². The molecule has 1 aromatic rings. The zero-order valence-corrected chi connectivity index (χ0v) is 13.5. The summed E-state index contributed by atoms with van der Waals surface area (Å²) in [4.78, 5) is 0. The molecule has 21 heavy (non-hydrogen) atoms. The number of ether oxygens (including phenoxy) is 2. The van der Waals surface area contributed by atoms with E-state index in [0.29, 0.717) is 6.10 Å². The van der Waals surface area contributed by atoms with Crippen LogP contribution in [0.2, 0.25) is 0 Å². The molecule has 1 saturated heterocycles. The lowest BCUT2D eigenvalue weighted by Gasteiger charge is -2.15. The molecule has 1 aliphatic heterocycles. The Kier molecular flexibility index (Phi) is 7.04. The Bertz CT molecular complexity index is 414. The molecule has 0 bridgehead atoms. The Labute approximate surface area is 129 Å². The smallest absolute Gasteiger partial charge is 0.126 e. The van der Waals surface area contributed by atoms with Gasteiger partial charge in [-0.25, -0.2) is 0 Å². The molecule has 3 heteroatoms. The summed E-state index contributed by atoms with van der Waals surface area (Å²) < 4.78 is 11.7. The van der Waals surface area contributed by atoms with Gasteiger partial charge >= 0.3 is 0 Å². The molecule has 1 N–H and O–H groups in total. The molecular formula is C18H29NO2. The van der Waals surface area contributed by atoms with Crippen LogP contribution in [0.3, 0.4) is 0 Å². The maximum absolute atomic E-state index is 6.06. The maximum Gasteiger partial charge on any atom is 0.126 e. The fourth-order valence-corrected chi connectivity index (χ4v) is 2.82. The molecule has 0 amide bonds. The van der Waals surface area contributed by atoms with Crippen LogP contribution >= 0.6 is 0 Å². The minimum absolute atomic E-state index is 0.469. The number of aryl methyl sites for hydroxylation is 1. The third kappa shape index (κ3) is 5.33. The third-order valence-corrected chi connectivity index (χ3v) is 3.98. The minimum Gasteiger partial charge on any atom is -0.493 e. The molecule has 1 unspecified atom stereocenters. The largest absolute Gasteiger partial charge is 0.493 e. The van der Waals surface area contributed by atoms with Gasteiger partial charge in [-0.3, -0.25) is 0 Å². The van der Waals surface area contributed by atoms with Crippen LogP contribution in [0.15, 0.2) is 18.2 Å². The molecule has 1 aliphatic rings. The van der Waals surface area contributed by atoms with Crippen LogP contribution in [-0.2, 0) is 11.3 Å². The van der Waals surface area contributed by atoms with E-state index in [4.69, 9.17) is 9.47 Å². The van der Waals surface area contributed by atoms with Crippen molar-refractivity contribution < 1.29 is 9.47 Å². The first-order valence-corrected chi connectivity index (χ1v) is 8.35. The van der Waals surface area contributed by atoms with E-state index in [1.165, 1.54) is 24.0 Å². The molecule has 1 atom stereocenters. The Morgan fingerprint density at radius 1 is 1.38 bits per heavy atom. The van der Waals surface area contributed by atoms with Gasteiger partial charge in [-0.2, -0.15) is 0 Å². The Morgan fingerprint density at radius 3 is 3.05 bits per heavy atom. The lowest BCUT2D eigenvalue weighted by Crippen LogP contribution is -2.15. The standard InChI is InChI=1S/C18H29NO2/c1-3-11-19-14-16-8-4-7-15(2)18(16)21-13-6-10-17-9-5-12-20-17/h4,7-8,17,19H,3,5-6,9-14H2,1-2H3. The average molecular weight is 291 g/mol. The highest BCUT2D eigenvalue weighted by molar-refractivity contribution is 5.40. The second kappa shape index (κ2) is 9.06. The molecule has 0 aromatic heterocycles. The molecule has 0 spiro atoms. The molecule has 1 aromatic carbocycles. The first-order chi connectivity index (χ1) is 10.3. The van der Waals surface area contributed by atoms with Gasteiger partial charge in [-0.1, -0.05) is 25.1 Å². The molecule has 3 nitrogen and oxygen atoms in total. The summed E-state index contributed by atoms with van der Waals surface area (Å²) in [6.07, 6.45) is 6.25. The topological polar surface area (TPSA) is 30.5 Å². The lowest BCUT2D eigenvalue weighted by molar-refractivity contribution is 0.0980. The normalized spacial score (nSPS) is 18.1. The van der Waals surface area contributed by atoms with Crippen LogP contribution in [0.4, 0.5) is 0 Å². The van der Waals surface area contributed by atoms with Crippen molar-refractivity contribution in [3.8, 4) is 5.75 Å². The Morgan fingerprint density at radius 2 is 2.29 bits per heavy atom. The highest BCUT2D eigenvalue weighted by Crippen LogP contribution is 2.24. The van der Waals surface area contributed by atoms with Gasteiger partial charge in [0, 0.05) is 18.7 Å². The van der Waals surface area contributed by atoms with E-state index in [1.54, 1.807) is 0 Å². The van der Waals surface area contributed by atoms with E-state index in [2.05, 4.69) is 37.4 Å². The van der Waals surface area contributed by atoms with Gasteiger partial charge < -0.3 is 14.8 Å². The molecule has 0 saturated carbocycles. The van der Waals surface area contributed by atoms with E-state index < -0.39 is 0 Å². The van der Waals surface area contributed by atoms with Gasteiger partial charge in [-0.05, 0) is 51.1 Å².